The number of aryl methyl sites for hydroxylation is 1. The van der Waals surface area contributed by atoms with Crippen LogP contribution in [0.4, 0.5) is 0 Å². The summed E-state index contributed by atoms with van der Waals surface area (Å²) < 4.78 is 4.85. The standard InChI is InChI=1S/C24H35NO4/c1-4-29-24(28)22(26)21-16-11-17-25(21)23(27)20(18(2)3)15-10-6-9-14-19-12-7-5-8-13-19/h5,7-8,12-13,18,20-21H,4,6,9-11,14-17H2,1-3H3/t20-,21-/m0/s1. The molecule has 0 unspecified atom stereocenters. The zero-order chi connectivity index (χ0) is 21.2. The normalized spacial score (nSPS) is 17.4. The number of Topliss-reactive ketones (excluding diaryl/α,β-unsaturated/α-hetero) is 1. The Bertz CT molecular complexity index is 671. The quantitative estimate of drug-likeness (QED) is 0.317. The number of hydrogen-bond donors (Lipinski definition) is 0. The first kappa shape index (κ1) is 23.1. The summed E-state index contributed by atoms with van der Waals surface area (Å²) in [5.41, 5.74) is 1.35. The molecule has 0 bridgehead atoms. The third-order valence-electron chi connectivity index (χ3n) is 5.76. The van der Waals surface area contributed by atoms with Gasteiger partial charge in [0.05, 0.1) is 6.61 Å². The van der Waals surface area contributed by atoms with E-state index in [1.165, 1.54) is 5.56 Å². The van der Waals surface area contributed by atoms with Crippen molar-refractivity contribution in [1.82, 2.24) is 4.90 Å². The van der Waals surface area contributed by atoms with E-state index in [9.17, 15) is 14.4 Å². The fraction of sp³-hybridized carbons (Fsp3) is 0.625. The average molecular weight is 402 g/mol. The van der Waals surface area contributed by atoms with Crippen molar-refractivity contribution in [2.45, 2.75) is 71.8 Å². The second-order valence-corrected chi connectivity index (χ2v) is 8.21. The lowest BCUT2D eigenvalue weighted by molar-refractivity contribution is -0.157. The van der Waals surface area contributed by atoms with Crippen molar-refractivity contribution >= 4 is 17.7 Å². The molecule has 0 saturated carbocycles. The Balaban J connectivity index is 1.87. The van der Waals surface area contributed by atoms with Gasteiger partial charge in [0, 0.05) is 12.5 Å². The van der Waals surface area contributed by atoms with Gasteiger partial charge in [-0.1, -0.05) is 57.0 Å². The number of likely N-dealkylation sites (tertiary alicyclic amines) is 1. The number of rotatable bonds is 11. The van der Waals surface area contributed by atoms with E-state index in [-0.39, 0.29) is 24.3 Å². The number of hydrogen-bond acceptors (Lipinski definition) is 4. The largest absolute Gasteiger partial charge is 0.460 e. The highest BCUT2D eigenvalue weighted by Gasteiger charge is 2.40. The highest BCUT2D eigenvalue weighted by Crippen LogP contribution is 2.27. The predicted molar refractivity (Wildman–Crippen MR) is 113 cm³/mol. The molecule has 0 aromatic heterocycles. The van der Waals surface area contributed by atoms with E-state index in [2.05, 4.69) is 38.1 Å². The minimum Gasteiger partial charge on any atom is -0.460 e. The fourth-order valence-corrected chi connectivity index (χ4v) is 4.11. The zero-order valence-corrected chi connectivity index (χ0v) is 18.1. The third-order valence-corrected chi connectivity index (χ3v) is 5.76. The molecule has 0 radical (unpaired) electrons. The number of unbranched alkanes of at least 4 members (excludes halogenated alkanes) is 2. The SMILES string of the molecule is CCOC(=O)C(=O)[C@@H]1CCCN1C(=O)[C@@H](CCCCCc1ccccc1)C(C)C. The van der Waals surface area contributed by atoms with E-state index in [0.29, 0.717) is 13.0 Å². The van der Waals surface area contributed by atoms with E-state index >= 15 is 0 Å². The molecule has 1 aromatic rings. The fourth-order valence-electron chi connectivity index (χ4n) is 4.11. The number of amides is 1. The third kappa shape index (κ3) is 6.69. The summed E-state index contributed by atoms with van der Waals surface area (Å²) in [7, 11) is 0. The molecule has 5 nitrogen and oxygen atoms in total. The molecule has 0 aliphatic carbocycles. The van der Waals surface area contributed by atoms with Gasteiger partial charge in [-0.2, -0.15) is 0 Å². The molecule has 1 aliphatic heterocycles. The van der Waals surface area contributed by atoms with Gasteiger partial charge in [0.2, 0.25) is 5.91 Å². The molecule has 2 rings (SSSR count). The van der Waals surface area contributed by atoms with Crippen LogP contribution in [-0.2, 0) is 25.5 Å². The van der Waals surface area contributed by atoms with Gasteiger partial charge in [-0.25, -0.2) is 4.79 Å². The number of carbonyl (C=O) groups excluding carboxylic acids is 3. The minimum absolute atomic E-state index is 0.0169. The van der Waals surface area contributed by atoms with Crippen LogP contribution >= 0.6 is 0 Å². The summed E-state index contributed by atoms with van der Waals surface area (Å²) in [5, 5.41) is 0. The highest BCUT2D eigenvalue weighted by atomic mass is 16.5. The van der Waals surface area contributed by atoms with Crippen molar-refractivity contribution in [2.75, 3.05) is 13.2 Å². The van der Waals surface area contributed by atoms with E-state index in [0.717, 1.165) is 38.5 Å². The Morgan fingerprint density at radius 1 is 1.10 bits per heavy atom. The number of nitrogens with zero attached hydrogens (tertiary/aromatic N) is 1. The van der Waals surface area contributed by atoms with Gasteiger partial charge in [0.1, 0.15) is 6.04 Å². The number of benzene rings is 1. The molecule has 0 spiro atoms. The number of carbonyl (C=O) groups is 3. The predicted octanol–water partition coefficient (Wildman–Crippen LogP) is 4.18. The first-order chi connectivity index (χ1) is 14.0. The molecule has 5 heteroatoms. The van der Waals surface area contributed by atoms with Crippen LogP contribution in [0, 0.1) is 11.8 Å². The lowest BCUT2D eigenvalue weighted by atomic mass is 9.88. The Hall–Kier alpha value is -2.17. The van der Waals surface area contributed by atoms with E-state index < -0.39 is 17.8 Å². The van der Waals surface area contributed by atoms with Crippen LogP contribution < -0.4 is 0 Å². The molecule has 1 saturated heterocycles. The van der Waals surface area contributed by atoms with Crippen molar-refractivity contribution in [3.63, 3.8) is 0 Å². The average Bonchev–Trinajstić information content (AvgIpc) is 3.20. The van der Waals surface area contributed by atoms with Gasteiger partial charge < -0.3 is 9.64 Å². The Morgan fingerprint density at radius 2 is 1.83 bits per heavy atom. The Morgan fingerprint density at radius 3 is 2.48 bits per heavy atom. The molecular formula is C24H35NO4. The van der Waals surface area contributed by atoms with Crippen LogP contribution in [-0.4, -0.2) is 41.8 Å². The molecule has 29 heavy (non-hydrogen) atoms. The maximum absolute atomic E-state index is 13.2. The summed E-state index contributed by atoms with van der Waals surface area (Å²) in [4.78, 5) is 39.1. The summed E-state index contributed by atoms with van der Waals surface area (Å²) in [5.74, 6) is -1.29. The molecule has 1 heterocycles. The maximum atomic E-state index is 13.2. The first-order valence-electron chi connectivity index (χ1n) is 11.0. The molecule has 1 amide bonds. The van der Waals surface area contributed by atoms with Crippen LogP contribution in [0.1, 0.15) is 64.9 Å². The lowest BCUT2D eigenvalue weighted by Crippen LogP contribution is -2.47. The summed E-state index contributed by atoms with van der Waals surface area (Å²) in [6, 6.07) is 9.80. The monoisotopic (exact) mass is 401 g/mol. The second-order valence-electron chi connectivity index (χ2n) is 8.21. The molecule has 2 atom stereocenters. The van der Waals surface area contributed by atoms with Crippen LogP contribution in [0.2, 0.25) is 0 Å². The van der Waals surface area contributed by atoms with E-state index in [4.69, 9.17) is 4.74 Å². The van der Waals surface area contributed by atoms with E-state index in [1.54, 1.807) is 11.8 Å². The topological polar surface area (TPSA) is 63.7 Å². The van der Waals surface area contributed by atoms with Gasteiger partial charge in [-0.3, -0.25) is 9.59 Å². The zero-order valence-electron chi connectivity index (χ0n) is 18.1. The van der Waals surface area contributed by atoms with Gasteiger partial charge >= 0.3 is 5.97 Å². The van der Waals surface area contributed by atoms with Gasteiger partial charge in [0.15, 0.2) is 0 Å². The molecule has 160 valence electrons. The maximum Gasteiger partial charge on any atom is 0.376 e. The number of ketones is 1. The van der Waals surface area contributed by atoms with Crippen molar-refractivity contribution in [3.05, 3.63) is 35.9 Å². The molecular weight excluding hydrogens is 366 g/mol. The van der Waals surface area contributed by atoms with Gasteiger partial charge in [-0.15, -0.1) is 0 Å². The summed E-state index contributed by atoms with van der Waals surface area (Å²) in [6.45, 7) is 6.51. The van der Waals surface area contributed by atoms with Crippen LogP contribution in [0.25, 0.3) is 0 Å². The first-order valence-corrected chi connectivity index (χ1v) is 11.0. The number of esters is 1. The smallest absolute Gasteiger partial charge is 0.376 e. The van der Waals surface area contributed by atoms with E-state index in [1.807, 2.05) is 6.07 Å². The van der Waals surface area contributed by atoms with Crippen molar-refractivity contribution < 1.29 is 19.1 Å². The van der Waals surface area contributed by atoms with Crippen molar-refractivity contribution in [1.29, 1.82) is 0 Å². The van der Waals surface area contributed by atoms with Crippen LogP contribution in [0.15, 0.2) is 30.3 Å². The molecule has 1 fully saturated rings. The summed E-state index contributed by atoms with van der Waals surface area (Å²) >= 11 is 0. The highest BCUT2D eigenvalue weighted by molar-refractivity contribution is 6.36. The second kappa shape index (κ2) is 11.7. The molecule has 1 aliphatic rings. The lowest BCUT2D eigenvalue weighted by Gasteiger charge is -2.29. The Kier molecular flexibility index (Phi) is 9.36. The molecule has 1 aromatic carbocycles. The van der Waals surface area contributed by atoms with Crippen LogP contribution in [0.3, 0.4) is 0 Å². The van der Waals surface area contributed by atoms with Crippen molar-refractivity contribution in [2.24, 2.45) is 11.8 Å². The van der Waals surface area contributed by atoms with Crippen LogP contribution in [0.5, 0.6) is 0 Å². The molecule has 0 N–H and O–H groups in total. The Labute approximate surface area is 174 Å². The van der Waals surface area contributed by atoms with Gasteiger partial charge in [-0.05, 0) is 50.5 Å². The number of ether oxygens (including phenoxy) is 1. The minimum atomic E-state index is -0.820. The summed E-state index contributed by atoms with van der Waals surface area (Å²) in [6.07, 6.45) is 6.36. The van der Waals surface area contributed by atoms with Gasteiger partial charge in [0.25, 0.3) is 5.78 Å². The van der Waals surface area contributed by atoms with Crippen molar-refractivity contribution in [3.8, 4) is 0 Å².